The van der Waals surface area contributed by atoms with E-state index < -0.39 is 0 Å². The lowest BCUT2D eigenvalue weighted by Gasteiger charge is -2.15. The summed E-state index contributed by atoms with van der Waals surface area (Å²) in [6.45, 7) is 3.97. The Hall–Kier alpha value is -1.72. The van der Waals surface area contributed by atoms with E-state index >= 15 is 0 Å². The van der Waals surface area contributed by atoms with E-state index in [4.69, 9.17) is 11.6 Å². The molecule has 1 atom stereocenters. The fraction of sp³-hybridized carbons (Fsp3) is 0.200. The Morgan fingerprint density at radius 2 is 2.10 bits per heavy atom. The third kappa shape index (κ3) is 2.99. The van der Waals surface area contributed by atoms with Crippen molar-refractivity contribution in [2.24, 2.45) is 0 Å². The van der Waals surface area contributed by atoms with Crippen LogP contribution in [-0.4, -0.2) is 9.97 Å². The Bertz CT molecular complexity index is 803. The van der Waals surface area contributed by atoms with E-state index in [1.54, 1.807) is 17.4 Å². The lowest BCUT2D eigenvalue weighted by molar-refractivity contribution is 0.623. The van der Waals surface area contributed by atoms with E-state index in [0.29, 0.717) is 5.82 Å². The maximum atomic E-state index is 13.3. The van der Waals surface area contributed by atoms with Crippen LogP contribution in [-0.2, 0) is 0 Å². The minimum atomic E-state index is -0.251. The molecule has 2 aromatic heterocycles. The van der Waals surface area contributed by atoms with Crippen LogP contribution in [0.1, 0.15) is 23.4 Å². The Morgan fingerprint density at radius 1 is 1.29 bits per heavy atom. The van der Waals surface area contributed by atoms with Crippen LogP contribution in [0.15, 0.2) is 30.3 Å². The van der Waals surface area contributed by atoms with Crippen molar-refractivity contribution < 1.29 is 4.39 Å². The van der Waals surface area contributed by atoms with Crippen molar-refractivity contribution in [3.63, 3.8) is 0 Å². The molecule has 0 saturated heterocycles. The van der Waals surface area contributed by atoms with Crippen molar-refractivity contribution >= 4 is 39.0 Å². The number of nitrogens with zero attached hydrogens (tertiary/aromatic N) is 2. The normalized spacial score (nSPS) is 12.6. The third-order valence-electron chi connectivity index (χ3n) is 3.19. The summed E-state index contributed by atoms with van der Waals surface area (Å²) in [6.07, 6.45) is 0. The van der Waals surface area contributed by atoms with Gasteiger partial charge in [0.15, 0.2) is 0 Å². The van der Waals surface area contributed by atoms with E-state index in [9.17, 15) is 4.39 Å². The molecule has 0 aliphatic rings. The molecule has 21 heavy (non-hydrogen) atoms. The first-order valence-corrected chi connectivity index (χ1v) is 7.68. The van der Waals surface area contributed by atoms with Crippen LogP contribution in [0.2, 0.25) is 5.28 Å². The van der Waals surface area contributed by atoms with E-state index in [1.165, 1.54) is 12.1 Å². The van der Waals surface area contributed by atoms with Crippen LogP contribution in [0.3, 0.4) is 0 Å². The summed E-state index contributed by atoms with van der Waals surface area (Å²) in [5.41, 5.74) is 0.852. The number of halogens is 2. The second-order valence-electron chi connectivity index (χ2n) is 4.84. The van der Waals surface area contributed by atoms with E-state index in [-0.39, 0.29) is 17.1 Å². The molecule has 0 aliphatic heterocycles. The van der Waals surface area contributed by atoms with Gasteiger partial charge < -0.3 is 5.32 Å². The quantitative estimate of drug-likeness (QED) is 0.692. The molecule has 1 unspecified atom stereocenters. The van der Waals surface area contributed by atoms with E-state index in [2.05, 4.69) is 15.3 Å². The average molecular weight is 322 g/mol. The maximum Gasteiger partial charge on any atom is 0.225 e. The van der Waals surface area contributed by atoms with Crippen molar-refractivity contribution in [1.82, 2.24) is 9.97 Å². The number of hydrogen-bond acceptors (Lipinski definition) is 4. The zero-order valence-electron chi connectivity index (χ0n) is 11.5. The van der Waals surface area contributed by atoms with Crippen LogP contribution in [0.5, 0.6) is 0 Å². The molecule has 0 bridgehead atoms. The lowest BCUT2D eigenvalue weighted by Crippen LogP contribution is -2.08. The summed E-state index contributed by atoms with van der Waals surface area (Å²) in [7, 11) is 0. The summed E-state index contributed by atoms with van der Waals surface area (Å²) in [4.78, 5) is 10.5. The molecule has 6 heteroatoms. The number of anilines is 1. The van der Waals surface area contributed by atoms with Gasteiger partial charge in [-0.1, -0.05) is 12.1 Å². The first-order chi connectivity index (χ1) is 10.0. The van der Waals surface area contributed by atoms with Crippen molar-refractivity contribution in [3.8, 4) is 0 Å². The van der Waals surface area contributed by atoms with Gasteiger partial charge in [0.2, 0.25) is 5.28 Å². The molecule has 0 saturated carbocycles. The van der Waals surface area contributed by atoms with Crippen LogP contribution < -0.4 is 5.32 Å². The highest BCUT2D eigenvalue weighted by Crippen LogP contribution is 2.31. The number of benzene rings is 1. The monoisotopic (exact) mass is 321 g/mol. The second-order valence-corrected chi connectivity index (χ2v) is 6.41. The van der Waals surface area contributed by atoms with Crippen LogP contribution in [0, 0.1) is 12.7 Å². The Morgan fingerprint density at radius 3 is 2.86 bits per heavy atom. The first kappa shape index (κ1) is 14.2. The van der Waals surface area contributed by atoms with Gasteiger partial charge in [-0.2, -0.15) is 0 Å². The van der Waals surface area contributed by atoms with Crippen molar-refractivity contribution in [2.45, 2.75) is 19.9 Å². The van der Waals surface area contributed by atoms with Gasteiger partial charge in [0.05, 0.1) is 11.4 Å². The van der Waals surface area contributed by atoms with Gasteiger partial charge in [0.1, 0.15) is 16.5 Å². The third-order valence-corrected chi connectivity index (χ3v) is 4.30. The Labute approximate surface area is 130 Å². The van der Waals surface area contributed by atoms with Gasteiger partial charge in [0, 0.05) is 4.88 Å². The van der Waals surface area contributed by atoms with Gasteiger partial charge in [-0.15, -0.1) is 11.3 Å². The number of aryl methyl sites for hydroxylation is 1. The molecular weight excluding hydrogens is 309 g/mol. The van der Waals surface area contributed by atoms with Crippen molar-refractivity contribution in [2.75, 3.05) is 5.32 Å². The molecule has 2 heterocycles. The predicted molar refractivity (Wildman–Crippen MR) is 85.6 cm³/mol. The van der Waals surface area contributed by atoms with Gasteiger partial charge in [0.25, 0.3) is 0 Å². The van der Waals surface area contributed by atoms with Gasteiger partial charge in [-0.25, -0.2) is 14.4 Å². The highest BCUT2D eigenvalue weighted by Gasteiger charge is 2.13. The standard InChI is InChI=1S/C15H13ClFN3S/c1-8-6-12-13(19-15(16)20-14(12)21-8)18-9(2)10-4-3-5-11(17)7-10/h3-7,9H,1-2H3,(H,18,19,20). The highest BCUT2D eigenvalue weighted by atomic mass is 35.5. The molecule has 1 N–H and O–H groups in total. The van der Waals surface area contributed by atoms with Crippen molar-refractivity contribution in [3.05, 3.63) is 51.9 Å². The Kier molecular flexibility index (Phi) is 3.78. The number of nitrogens with one attached hydrogen (secondary N) is 1. The molecule has 3 nitrogen and oxygen atoms in total. The van der Waals surface area contributed by atoms with Gasteiger partial charge in [-0.3, -0.25) is 0 Å². The number of fused-ring (bicyclic) bond motifs is 1. The highest BCUT2D eigenvalue weighted by molar-refractivity contribution is 7.18. The van der Waals surface area contributed by atoms with Gasteiger partial charge in [-0.05, 0) is 49.2 Å². The van der Waals surface area contributed by atoms with Crippen LogP contribution in [0.25, 0.3) is 10.2 Å². The fourth-order valence-electron chi connectivity index (χ4n) is 2.19. The van der Waals surface area contributed by atoms with E-state index in [1.807, 2.05) is 26.0 Å². The van der Waals surface area contributed by atoms with E-state index in [0.717, 1.165) is 20.7 Å². The fourth-order valence-corrected chi connectivity index (χ4v) is 3.29. The maximum absolute atomic E-state index is 13.3. The molecule has 3 rings (SSSR count). The summed E-state index contributed by atoms with van der Waals surface area (Å²) in [6, 6.07) is 8.45. The smallest absolute Gasteiger partial charge is 0.225 e. The first-order valence-electron chi connectivity index (χ1n) is 6.48. The summed E-state index contributed by atoms with van der Waals surface area (Å²) in [5.74, 6) is 0.421. The number of aromatic nitrogens is 2. The minimum absolute atomic E-state index is 0.0879. The molecule has 0 fully saturated rings. The predicted octanol–water partition coefficient (Wildman–Crippen LogP) is 4.97. The number of rotatable bonds is 3. The van der Waals surface area contributed by atoms with Crippen LogP contribution in [0.4, 0.5) is 10.2 Å². The lowest BCUT2D eigenvalue weighted by atomic mass is 10.1. The topological polar surface area (TPSA) is 37.8 Å². The molecular formula is C15H13ClFN3S. The zero-order valence-corrected chi connectivity index (χ0v) is 13.1. The zero-order chi connectivity index (χ0) is 15.0. The second kappa shape index (κ2) is 5.58. The van der Waals surface area contributed by atoms with Crippen LogP contribution >= 0.6 is 22.9 Å². The SMILES string of the molecule is Cc1cc2c(NC(C)c3cccc(F)c3)nc(Cl)nc2s1. The van der Waals surface area contributed by atoms with Gasteiger partial charge >= 0.3 is 0 Å². The molecule has 0 amide bonds. The molecule has 1 aromatic carbocycles. The molecule has 0 spiro atoms. The molecule has 0 radical (unpaired) electrons. The summed E-state index contributed by atoms with van der Waals surface area (Å²) < 4.78 is 13.3. The largest absolute Gasteiger partial charge is 0.363 e. The summed E-state index contributed by atoms with van der Waals surface area (Å²) >= 11 is 7.54. The molecule has 0 aliphatic carbocycles. The number of hydrogen-bond donors (Lipinski definition) is 1. The van der Waals surface area contributed by atoms with Crippen molar-refractivity contribution in [1.29, 1.82) is 0 Å². The molecule has 108 valence electrons. The minimum Gasteiger partial charge on any atom is -0.363 e. The average Bonchev–Trinajstić information content (AvgIpc) is 2.79. The molecule has 3 aromatic rings. The summed E-state index contributed by atoms with van der Waals surface area (Å²) in [5, 5.41) is 4.43. The number of thiophene rings is 1. The Balaban J connectivity index is 1.97.